The van der Waals surface area contributed by atoms with Gasteiger partial charge >= 0.3 is 5.97 Å². The number of hydrogen-bond donors (Lipinski definition) is 0. The standard InChI is InChI=1S/C21H27N3O2S/c1-2-26-21(25)14-6-5-11-24(12-14)19-17-15-7-3-4-8-16(15)27-20(17)23-18(22-19)13-9-10-13/h13-14H,2-12H2,1H3/t14-/m0/s1. The number of hydrogen-bond acceptors (Lipinski definition) is 6. The molecule has 5 rings (SSSR count). The van der Waals surface area contributed by atoms with E-state index in [0.29, 0.717) is 12.5 Å². The quantitative estimate of drug-likeness (QED) is 0.737. The van der Waals surface area contributed by atoms with E-state index < -0.39 is 0 Å². The first-order valence-electron chi connectivity index (χ1n) is 10.5. The predicted octanol–water partition coefficient (Wildman–Crippen LogP) is 4.23. The van der Waals surface area contributed by atoms with Crippen molar-refractivity contribution in [3.05, 3.63) is 16.3 Å². The van der Waals surface area contributed by atoms with Crippen LogP contribution >= 0.6 is 11.3 Å². The van der Waals surface area contributed by atoms with Crippen molar-refractivity contribution in [2.45, 2.75) is 64.2 Å². The fourth-order valence-corrected chi connectivity index (χ4v) is 5.79. The maximum atomic E-state index is 12.3. The van der Waals surface area contributed by atoms with Gasteiger partial charge in [-0.05, 0) is 63.9 Å². The second-order valence-corrected chi connectivity index (χ2v) is 9.19. The third-order valence-corrected chi connectivity index (χ3v) is 7.28. The number of anilines is 1. The van der Waals surface area contributed by atoms with Gasteiger partial charge in [-0.25, -0.2) is 9.97 Å². The van der Waals surface area contributed by atoms with Gasteiger partial charge in [-0.2, -0.15) is 0 Å². The molecule has 2 aliphatic carbocycles. The Morgan fingerprint density at radius 3 is 2.85 bits per heavy atom. The summed E-state index contributed by atoms with van der Waals surface area (Å²) in [4.78, 5) is 27.4. The van der Waals surface area contributed by atoms with Gasteiger partial charge in [-0.1, -0.05) is 0 Å². The summed E-state index contributed by atoms with van der Waals surface area (Å²) in [6.45, 7) is 4.03. The molecule has 6 heteroatoms. The molecule has 1 atom stereocenters. The van der Waals surface area contributed by atoms with Crippen LogP contribution in [-0.4, -0.2) is 35.6 Å². The van der Waals surface area contributed by atoms with Gasteiger partial charge in [0.05, 0.1) is 17.9 Å². The van der Waals surface area contributed by atoms with Gasteiger partial charge in [-0.3, -0.25) is 4.79 Å². The summed E-state index contributed by atoms with van der Waals surface area (Å²) in [5, 5.41) is 1.28. The van der Waals surface area contributed by atoms with Crippen molar-refractivity contribution in [3.8, 4) is 0 Å². The maximum absolute atomic E-state index is 12.3. The number of carbonyl (C=O) groups excluding carboxylic acids is 1. The van der Waals surface area contributed by atoms with Gasteiger partial charge in [0, 0.05) is 23.9 Å². The lowest BCUT2D eigenvalue weighted by atomic mass is 9.95. The molecule has 0 radical (unpaired) electrons. The molecule has 0 aromatic carbocycles. The number of aromatic nitrogens is 2. The molecule has 3 aliphatic rings. The zero-order chi connectivity index (χ0) is 18.4. The zero-order valence-electron chi connectivity index (χ0n) is 16.0. The minimum atomic E-state index is -0.0535. The van der Waals surface area contributed by atoms with Crippen molar-refractivity contribution in [2.24, 2.45) is 5.92 Å². The van der Waals surface area contributed by atoms with E-state index in [4.69, 9.17) is 14.7 Å². The molecule has 2 aromatic rings. The summed E-state index contributed by atoms with van der Waals surface area (Å²) in [5.74, 6) is 2.56. The highest BCUT2D eigenvalue weighted by molar-refractivity contribution is 7.19. The van der Waals surface area contributed by atoms with E-state index >= 15 is 0 Å². The minimum absolute atomic E-state index is 0.0393. The maximum Gasteiger partial charge on any atom is 0.310 e. The van der Waals surface area contributed by atoms with Crippen LogP contribution in [0.25, 0.3) is 10.2 Å². The Bertz CT molecular complexity index is 874. The van der Waals surface area contributed by atoms with Gasteiger partial charge in [-0.15, -0.1) is 11.3 Å². The topological polar surface area (TPSA) is 55.3 Å². The Kier molecular flexibility index (Phi) is 4.54. The summed E-state index contributed by atoms with van der Waals surface area (Å²) < 4.78 is 5.30. The molecule has 0 unspecified atom stereocenters. The average molecular weight is 386 g/mol. The predicted molar refractivity (Wildman–Crippen MR) is 108 cm³/mol. The van der Waals surface area contributed by atoms with Crippen molar-refractivity contribution in [2.75, 3.05) is 24.6 Å². The normalized spacial score (nSPS) is 22.7. The molecule has 5 nitrogen and oxygen atoms in total. The first-order valence-corrected chi connectivity index (χ1v) is 11.3. The second-order valence-electron chi connectivity index (χ2n) is 8.11. The van der Waals surface area contributed by atoms with E-state index in [-0.39, 0.29) is 11.9 Å². The number of aryl methyl sites for hydroxylation is 2. The third kappa shape index (κ3) is 3.22. The molecule has 0 amide bonds. The molecule has 144 valence electrons. The highest BCUT2D eigenvalue weighted by Crippen LogP contribution is 2.44. The van der Waals surface area contributed by atoms with E-state index in [9.17, 15) is 4.79 Å². The Morgan fingerprint density at radius 2 is 2.04 bits per heavy atom. The molecule has 3 heterocycles. The largest absolute Gasteiger partial charge is 0.466 e. The monoisotopic (exact) mass is 385 g/mol. The second kappa shape index (κ2) is 7.04. The lowest BCUT2D eigenvalue weighted by Gasteiger charge is -2.33. The number of ether oxygens (including phenoxy) is 1. The Balaban J connectivity index is 1.56. The van der Waals surface area contributed by atoms with Crippen LogP contribution in [0.1, 0.15) is 67.6 Å². The molecule has 27 heavy (non-hydrogen) atoms. The Hall–Kier alpha value is -1.69. The summed E-state index contributed by atoms with van der Waals surface area (Å²) in [5.41, 5.74) is 1.48. The fraction of sp³-hybridized carbons (Fsp3) is 0.667. The first kappa shape index (κ1) is 17.4. The molecule has 0 spiro atoms. The molecule has 1 saturated heterocycles. The van der Waals surface area contributed by atoms with E-state index in [2.05, 4.69) is 4.90 Å². The van der Waals surface area contributed by atoms with Crippen molar-refractivity contribution in [1.29, 1.82) is 0 Å². The highest BCUT2D eigenvalue weighted by atomic mass is 32.1. The van der Waals surface area contributed by atoms with Crippen LogP contribution < -0.4 is 4.90 Å². The van der Waals surface area contributed by atoms with Gasteiger partial charge in [0.25, 0.3) is 0 Å². The number of piperidine rings is 1. The van der Waals surface area contributed by atoms with Crippen molar-refractivity contribution in [1.82, 2.24) is 9.97 Å². The van der Waals surface area contributed by atoms with E-state index in [1.807, 2.05) is 18.3 Å². The van der Waals surface area contributed by atoms with E-state index in [1.54, 1.807) is 0 Å². The summed E-state index contributed by atoms with van der Waals surface area (Å²) >= 11 is 1.88. The molecule has 0 N–H and O–H groups in total. The molecule has 2 aromatic heterocycles. The number of nitrogens with zero attached hydrogens (tertiary/aromatic N) is 3. The highest BCUT2D eigenvalue weighted by Gasteiger charge is 2.33. The first-order chi connectivity index (χ1) is 13.2. The number of rotatable bonds is 4. The van der Waals surface area contributed by atoms with E-state index in [1.165, 1.54) is 52.8 Å². The number of esters is 1. The van der Waals surface area contributed by atoms with Gasteiger partial charge in [0.15, 0.2) is 0 Å². The lowest BCUT2D eigenvalue weighted by molar-refractivity contribution is -0.148. The Morgan fingerprint density at radius 1 is 1.19 bits per heavy atom. The number of thiophene rings is 1. The Labute approximate surface area is 164 Å². The smallest absolute Gasteiger partial charge is 0.310 e. The molecule has 1 saturated carbocycles. The van der Waals surface area contributed by atoms with Crippen LogP contribution in [0.2, 0.25) is 0 Å². The van der Waals surface area contributed by atoms with Crippen LogP contribution in [0.5, 0.6) is 0 Å². The zero-order valence-corrected chi connectivity index (χ0v) is 16.8. The summed E-state index contributed by atoms with van der Waals surface area (Å²) in [7, 11) is 0. The third-order valence-electron chi connectivity index (χ3n) is 6.10. The van der Waals surface area contributed by atoms with Crippen LogP contribution in [0.15, 0.2) is 0 Å². The number of carbonyl (C=O) groups is 1. The van der Waals surface area contributed by atoms with Crippen LogP contribution in [0.3, 0.4) is 0 Å². The van der Waals surface area contributed by atoms with Crippen molar-refractivity contribution in [3.63, 3.8) is 0 Å². The molecule has 1 aliphatic heterocycles. The van der Waals surface area contributed by atoms with E-state index in [0.717, 1.165) is 44.0 Å². The molecular formula is C21H27N3O2S. The fourth-order valence-electron chi connectivity index (χ4n) is 4.53. The van der Waals surface area contributed by atoms with Gasteiger partial charge in [0.1, 0.15) is 16.5 Å². The summed E-state index contributed by atoms with van der Waals surface area (Å²) in [6, 6.07) is 0. The summed E-state index contributed by atoms with van der Waals surface area (Å²) in [6.07, 6.45) is 9.22. The van der Waals surface area contributed by atoms with Crippen molar-refractivity contribution < 1.29 is 9.53 Å². The molecular weight excluding hydrogens is 358 g/mol. The SMILES string of the molecule is CCOC(=O)[C@H]1CCCN(c2nc(C3CC3)nc3sc4c(c23)CCCC4)C1. The molecule has 0 bridgehead atoms. The van der Waals surface area contributed by atoms with Crippen LogP contribution in [0.4, 0.5) is 5.82 Å². The number of fused-ring (bicyclic) bond motifs is 3. The van der Waals surface area contributed by atoms with Gasteiger partial charge in [0.2, 0.25) is 0 Å². The van der Waals surface area contributed by atoms with Crippen LogP contribution in [-0.2, 0) is 22.4 Å². The van der Waals surface area contributed by atoms with Crippen LogP contribution in [0, 0.1) is 5.92 Å². The van der Waals surface area contributed by atoms with Crippen molar-refractivity contribution >= 4 is 33.3 Å². The molecule has 2 fully saturated rings. The van der Waals surface area contributed by atoms with Gasteiger partial charge < -0.3 is 9.64 Å². The average Bonchev–Trinajstić information content (AvgIpc) is 3.48. The lowest BCUT2D eigenvalue weighted by Crippen LogP contribution is -2.40. The minimum Gasteiger partial charge on any atom is -0.466 e.